The summed E-state index contributed by atoms with van der Waals surface area (Å²) in [7, 11) is 4.67. The number of amides is 3. The van der Waals surface area contributed by atoms with E-state index >= 15 is 0 Å². The van der Waals surface area contributed by atoms with E-state index in [0.29, 0.717) is 39.1 Å². The first-order valence-electron chi connectivity index (χ1n) is 9.30. The summed E-state index contributed by atoms with van der Waals surface area (Å²) in [4.78, 5) is 42.5. The smallest absolute Gasteiger partial charge is 0.328 e. The number of methoxy groups -OCH3 is 2. The monoisotopic (exact) mass is 393 g/mol. The Bertz CT molecular complexity index is 740. The highest BCUT2D eigenvalue weighted by atomic mass is 16.5. The normalized spacial score (nSPS) is 19.7. The predicted octanol–water partition coefficient (Wildman–Crippen LogP) is -0.162. The zero-order valence-corrected chi connectivity index (χ0v) is 16.6. The van der Waals surface area contributed by atoms with Gasteiger partial charge in [-0.1, -0.05) is 0 Å². The molecule has 3 heterocycles. The second kappa shape index (κ2) is 8.27. The Balaban J connectivity index is 1.74. The Hall–Kier alpha value is -2.46. The van der Waals surface area contributed by atoms with Crippen LogP contribution < -0.4 is 0 Å². The van der Waals surface area contributed by atoms with Gasteiger partial charge in [-0.25, -0.2) is 4.79 Å². The molecule has 2 saturated heterocycles. The number of imide groups is 1. The lowest BCUT2D eigenvalue weighted by atomic mass is 9.85. The Morgan fingerprint density at radius 1 is 1.25 bits per heavy atom. The molecule has 2 aliphatic rings. The summed E-state index contributed by atoms with van der Waals surface area (Å²) in [6.07, 6.45) is 4.83. The number of piperidine rings is 1. The number of esters is 1. The third-order valence-electron chi connectivity index (χ3n) is 5.50. The fraction of sp³-hybridized carbons (Fsp3) is 0.667. The first-order valence-corrected chi connectivity index (χ1v) is 9.30. The molecule has 0 unspecified atom stereocenters. The third-order valence-corrected chi connectivity index (χ3v) is 5.50. The molecule has 0 aliphatic carbocycles. The first-order chi connectivity index (χ1) is 13.4. The van der Waals surface area contributed by atoms with Gasteiger partial charge in [-0.15, -0.1) is 0 Å². The van der Waals surface area contributed by atoms with Gasteiger partial charge in [0, 0.05) is 52.1 Å². The van der Waals surface area contributed by atoms with E-state index in [-0.39, 0.29) is 12.5 Å². The predicted molar refractivity (Wildman–Crippen MR) is 98.2 cm³/mol. The number of likely N-dealkylation sites (tertiary alicyclic amines) is 1. The Morgan fingerprint density at radius 3 is 2.54 bits per heavy atom. The highest BCUT2D eigenvalue weighted by Crippen LogP contribution is 2.37. The minimum absolute atomic E-state index is 0.307. The third kappa shape index (κ3) is 3.74. The van der Waals surface area contributed by atoms with Crippen LogP contribution in [0, 0.1) is 0 Å². The summed E-state index contributed by atoms with van der Waals surface area (Å²) < 4.78 is 11.5. The molecule has 10 heteroatoms. The van der Waals surface area contributed by atoms with Crippen LogP contribution in [-0.4, -0.2) is 94.9 Å². The number of rotatable bonds is 7. The number of aromatic nitrogens is 2. The number of nitrogens with zero attached hydrogens (tertiary/aromatic N) is 5. The number of urea groups is 1. The Kier molecular flexibility index (Phi) is 5.99. The van der Waals surface area contributed by atoms with Gasteiger partial charge in [0.1, 0.15) is 12.1 Å². The maximum Gasteiger partial charge on any atom is 0.328 e. The molecule has 1 aromatic heterocycles. The molecule has 154 valence electrons. The second-order valence-corrected chi connectivity index (χ2v) is 7.22. The maximum absolute atomic E-state index is 13.2. The van der Waals surface area contributed by atoms with Crippen LogP contribution in [0.15, 0.2) is 12.4 Å². The molecule has 1 spiro atoms. The van der Waals surface area contributed by atoms with Crippen molar-refractivity contribution in [3.8, 4) is 0 Å². The van der Waals surface area contributed by atoms with Crippen LogP contribution in [0.2, 0.25) is 0 Å². The number of hydrogen-bond donors (Lipinski definition) is 0. The van der Waals surface area contributed by atoms with Crippen molar-refractivity contribution in [1.29, 1.82) is 0 Å². The Labute approximate surface area is 163 Å². The van der Waals surface area contributed by atoms with E-state index < -0.39 is 17.5 Å². The molecule has 0 radical (unpaired) electrons. The van der Waals surface area contributed by atoms with Crippen molar-refractivity contribution in [3.05, 3.63) is 18.0 Å². The van der Waals surface area contributed by atoms with Crippen LogP contribution in [0.5, 0.6) is 0 Å². The van der Waals surface area contributed by atoms with Crippen LogP contribution in [0.4, 0.5) is 4.79 Å². The number of carbonyl (C=O) groups excluding carboxylic acids is 3. The molecule has 2 fully saturated rings. The summed E-state index contributed by atoms with van der Waals surface area (Å²) in [6, 6.07) is -0.451. The van der Waals surface area contributed by atoms with Crippen LogP contribution in [-0.2, 0) is 32.7 Å². The molecule has 1 aromatic rings. The van der Waals surface area contributed by atoms with Crippen molar-refractivity contribution in [2.45, 2.75) is 24.9 Å². The molecule has 0 bridgehead atoms. The number of carbonyl (C=O) groups is 3. The maximum atomic E-state index is 13.2. The lowest BCUT2D eigenvalue weighted by Gasteiger charge is -2.42. The standard InChI is InChI=1S/C18H27N5O5/c1-20-11-14(10-19-20)12-21-6-4-18(5-7-21)16(25)22(13-15(24)28-3)17(26)23(18)8-9-27-2/h10-11H,4-9,12-13H2,1-3H3. The van der Waals surface area contributed by atoms with E-state index in [1.807, 2.05) is 19.4 Å². The summed E-state index contributed by atoms with van der Waals surface area (Å²) in [5, 5.41) is 4.19. The lowest BCUT2D eigenvalue weighted by molar-refractivity contribution is -0.146. The van der Waals surface area contributed by atoms with Crippen LogP contribution in [0.25, 0.3) is 0 Å². The topological polar surface area (TPSA) is 97.2 Å². The molecular formula is C18H27N5O5. The zero-order chi connectivity index (χ0) is 20.3. The summed E-state index contributed by atoms with van der Waals surface area (Å²) in [5.74, 6) is -0.931. The molecule has 10 nitrogen and oxygen atoms in total. The second-order valence-electron chi connectivity index (χ2n) is 7.22. The largest absolute Gasteiger partial charge is 0.468 e. The zero-order valence-electron chi connectivity index (χ0n) is 16.6. The van der Waals surface area contributed by atoms with E-state index in [0.717, 1.165) is 17.0 Å². The minimum atomic E-state index is -0.922. The van der Waals surface area contributed by atoms with Gasteiger partial charge in [0.25, 0.3) is 5.91 Å². The van der Waals surface area contributed by atoms with Crippen molar-refractivity contribution in [3.63, 3.8) is 0 Å². The minimum Gasteiger partial charge on any atom is -0.468 e. The van der Waals surface area contributed by atoms with E-state index in [4.69, 9.17) is 4.74 Å². The first kappa shape index (κ1) is 20.3. The average molecular weight is 393 g/mol. The lowest BCUT2D eigenvalue weighted by Crippen LogP contribution is -2.57. The Morgan fingerprint density at radius 2 is 1.96 bits per heavy atom. The van der Waals surface area contributed by atoms with E-state index in [2.05, 4.69) is 14.7 Å². The van der Waals surface area contributed by atoms with Crippen molar-refractivity contribution in [2.24, 2.45) is 7.05 Å². The van der Waals surface area contributed by atoms with Crippen molar-refractivity contribution in [2.75, 3.05) is 47.0 Å². The van der Waals surface area contributed by atoms with Gasteiger partial charge in [-0.05, 0) is 12.8 Å². The van der Waals surface area contributed by atoms with Crippen molar-refractivity contribution < 1.29 is 23.9 Å². The molecule has 28 heavy (non-hydrogen) atoms. The van der Waals surface area contributed by atoms with Gasteiger partial charge in [-0.3, -0.25) is 24.1 Å². The molecule has 0 atom stereocenters. The van der Waals surface area contributed by atoms with Gasteiger partial charge in [-0.2, -0.15) is 5.10 Å². The van der Waals surface area contributed by atoms with E-state index in [1.165, 1.54) is 7.11 Å². The SMILES string of the molecule is COCCN1C(=O)N(CC(=O)OC)C(=O)C12CCN(Cc1cnn(C)c1)CC2. The molecule has 0 aromatic carbocycles. The van der Waals surface area contributed by atoms with Crippen molar-refractivity contribution >= 4 is 17.9 Å². The number of aryl methyl sites for hydroxylation is 1. The molecule has 2 aliphatic heterocycles. The van der Waals surface area contributed by atoms with Gasteiger partial charge >= 0.3 is 12.0 Å². The van der Waals surface area contributed by atoms with Crippen LogP contribution in [0.3, 0.4) is 0 Å². The van der Waals surface area contributed by atoms with Gasteiger partial charge in [0.15, 0.2) is 0 Å². The molecule has 0 saturated carbocycles. The number of hydrogen-bond acceptors (Lipinski definition) is 7. The fourth-order valence-corrected chi connectivity index (χ4v) is 3.98. The average Bonchev–Trinajstić information content (AvgIpc) is 3.17. The molecule has 3 amide bonds. The highest BCUT2D eigenvalue weighted by molar-refractivity contribution is 6.08. The van der Waals surface area contributed by atoms with Crippen LogP contribution in [0.1, 0.15) is 18.4 Å². The molecule has 0 N–H and O–H groups in total. The molecule has 3 rings (SSSR count). The summed E-state index contributed by atoms with van der Waals surface area (Å²) in [5.41, 5.74) is 0.186. The summed E-state index contributed by atoms with van der Waals surface area (Å²) in [6.45, 7) is 2.36. The van der Waals surface area contributed by atoms with Crippen LogP contribution >= 0.6 is 0 Å². The quantitative estimate of drug-likeness (QED) is 0.469. The molecular weight excluding hydrogens is 366 g/mol. The van der Waals surface area contributed by atoms with Crippen molar-refractivity contribution in [1.82, 2.24) is 24.5 Å². The van der Waals surface area contributed by atoms with E-state index in [9.17, 15) is 14.4 Å². The highest BCUT2D eigenvalue weighted by Gasteiger charge is 2.58. The van der Waals surface area contributed by atoms with Gasteiger partial charge < -0.3 is 14.4 Å². The number of ether oxygens (including phenoxy) is 2. The summed E-state index contributed by atoms with van der Waals surface area (Å²) >= 11 is 0. The van der Waals surface area contributed by atoms with Gasteiger partial charge in [0.05, 0.1) is 19.9 Å². The fourth-order valence-electron chi connectivity index (χ4n) is 3.98. The van der Waals surface area contributed by atoms with E-state index in [1.54, 1.807) is 16.7 Å². The van der Waals surface area contributed by atoms with Gasteiger partial charge in [0.2, 0.25) is 0 Å².